The zero-order chi connectivity index (χ0) is 9.10. The van der Waals surface area contributed by atoms with E-state index in [9.17, 15) is 0 Å². The van der Waals surface area contributed by atoms with Crippen LogP contribution in [0.25, 0.3) is 10.9 Å². The summed E-state index contributed by atoms with van der Waals surface area (Å²) < 4.78 is 0. The fourth-order valence-corrected chi connectivity index (χ4v) is 1.51. The Morgan fingerprint density at radius 3 is 2.92 bits per heavy atom. The summed E-state index contributed by atoms with van der Waals surface area (Å²) >= 11 is 0. The predicted octanol–water partition coefficient (Wildman–Crippen LogP) is 3.09. The maximum absolute atomic E-state index is 5.33. The lowest BCUT2D eigenvalue weighted by atomic mass is 10.2. The lowest BCUT2D eigenvalue weighted by Crippen LogP contribution is -1.80. The summed E-state index contributed by atoms with van der Waals surface area (Å²) in [7, 11) is 0. The lowest BCUT2D eigenvalue weighted by molar-refractivity contribution is 0.965. The molecule has 0 aliphatic heterocycles. The van der Waals surface area contributed by atoms with Crippen LogP contribution in [0.15, 0.2) is 36.4 Å². The van der Waals surface area contributed by atoms with E-state index in [1.165, 1.54) is 16.6 Å². The number of aromatic amines is 1. The highest BCUT2D eigenvalue weighted by atomic mass is 14.7. The zero-order valence-corrected chi connectivity index (χ0v) is 7.46. The smallest absolute Gasteiger partial charge is 0.0456 e. The minimum Gasteiger partial charge on any atom is -0.358 e. The molecule has 2 aromatic rings. The van der Waals surface area contributed by atoms with Crippen molar-refractivity contribution in [3.05, 3.63) is 48.7 Å². The van der Waals surface area contributed by atoms with Crippen molar-refractivity contribution in [2.24, 2.45) is 0 Å². The van der Waals surface area contributed by atoms with Crippen molar-refractivity contribution in [3.63, 3.8) is 0 Å². The van der Waals surface area contributed by atoms with Gasteiger partial charge < -0.3 is 4.98 Å². The molecule has 1 radical (unpaired) electrons. The van der Waals surface area contributed by atoms with Crippen molar-refractivity contribution in [2.75, 3.05) is 0 Å². The van der Waals surface area contributed by atoms with Crippen molar-refractivity contribution in [2.45, 2.75) is 12.8 Å². The van der Waals surface area contributed by atoms with Gasteiger partial charge in [-0.2, -0.15) is 0 Å². The summed E-state index contributed by atoms with van der Waals surface area (Å²) in [5, 5.41) is 1.27. The minimum atomic E-state index is 0.923. The Morgan fingerprint density at radius 2 is 2.15 bits per heavy atom. The van der Waals surface area contributed by atoms with E-state index in [-0.39, 0.29) is 0 Å². The number of fused-ring (bicyclic) bond motifs is 1. The van der Waals surface area contributed by atoms with Gasteiger partial charge in [-0.25, -0.2) is 0 Å². The largest absolute Gasteiger partial charge is 0.358 e. The molecule has 2 rings (SSSR count). The Hall–Kier alpha value is -1.50. The topological polar surface area (TPSA) is 15.8 Å². The number of aromatic nitrogens is 1. The van der Waals surface area contributed by atoms with Gasteiger partial charge in [0.2, 0.25) is 0 Å². The first kappa shape index (κ1) is 8.11. The average molecular weight is 170 g/mol. The Bertz CT molecular complexity index is 379. The average Bonchev–Trinajstić information content (AvgIpc) is 2.57. The fourth-order valence-electron chi connectivity index (χ4n) is 1.51. The van der Waals surface area contributed by atoms with Crippen molar-refractivity contribution in [1.82, 2.24) is 4.98 Å². The van der Waals surface area contributed by atoms with Crippen molar-refractivity contribution >= 4 is 10.9 Å². The van der Waals surface area contributed by atoms with Crippen LogP contribution in [0.4, 0.5) is 0 Å². The number of rotatable bonds is 3. The highest BCUT2D eigenvalue weighted by molar-refractivity contribution is 5.80. The first-order chi connectivity index (χ1) is 6.40. The van der Waals surface area contributed by atoms with E-state index in [0.717, 1.165) is 12.8 Å². The van der Waals surface area contributed by atoms with Crippen molar-refractivity contribution < 1.29 is 0 Å². The first-order valence-corrected chi connectivity index (χ1v) is 4.50. The summed E-state index contributed by atoms with van der Waals surface area (Å²) in [6.45, 7) is 5.33. The zero-order valence-electron chi connectivity index (χ0n) is 7.46. The van der Waals surface area contributed by atoms with E-state index >= 15 is 0 Å². The van der Waals surface area contributed by atoms with Crippen LogP contribution in [0.1, 0.15) is 12.1 Å². The third-order valence-corrected chi connectivity index (χ3v) is 2.17. The molecular weight excluding hydrogens is 158 g/mol. The van der Waals surface area contributed by atoms with Crippen LogP contribution in [-0.2, 0) is 6.42 Å². The number of allylic oxidation sites excluding steroid dienone is 1. The monoisotopic (exact) mass is 170 g/mol. The van der Waals surface area contributed by atoms with E-state index in [2.05, 4.69) is 29.2 Å². The van der Waals surface area contributed by atoms with Crippen LogP contribution < -0.4 is 0 Å². The molecule has 0 bridgehead atoms. The number of benzene rings is 1. The minimum absolute atomic E-state index is 0.923. The predicted molar refractivity (Wildman–Crippen MR) is 55.5 cm³/mol. The number of hydrogen-bond acceptors (Lipinski definition) is 0. The first-order valence-electron chi connectivity index (χ1n) is 4.50. The van der Waals surface area contributed by atoms with Gasteiger partial charge in [-0.15, -0.1) is 0 Å². The van der Waals surface area contributed by atoms with Gasteiger partial charge in [0.05, 0.1) is 0 Å². The van der Waals surface area contributed by atoms with Gasteiger partial charge in [0.1, 0.15) is 0 Å². The third-order valence-electron chi connectivity index (χ3n) is 2.17. The van der Waals surface area contributed by atoms with Gasteiger partial charge in [0.25, 0.3) is 0 Å². The summed E-state index contributed by atoms with van der Waals surface area (Å²) in [6, 6.07) is 10.5. The molecule has 0 aliphatic rings. The quantitative estimate of drug-likeness (QED) is 0.728. The molecule has 1 aromatic heterocycles. The molecule has 1 heterocycles. The molecule has 0 fully saturated rings. The number of nitrogens with one attached hydrogen (secondary N) is 1. The fraction of sp³-hybridized carbons (Fsp3) is 0.167. The Labute approximate surface area is 78.1 Å². The van der Waals surface area contributed by atoms with E-state index in [1.807, 2.05) is 6.07 Å². The molecule has 1 N–H and O–H groups in total. The van der Waals surface area contributed by atoms with Crippen LogP contribution in [0.2, 0.25) is 0 Å². The third kappa shape index (κ3) is 1.64. The second-order valence-electron chi connectivity index (χ2n) is 3.16. The molecule has 0 unspecified atom stereocenters. The van der Waals surface area contributed by atoms with Crippen molar-refractivity contribution in [3.8, 4) is 0 Å². The molecule has 0 aliphatic carbocycles. The Balaban J connectivity index is 2.32. The summed E-state index contributed by atoms with van der Waals surface area (Å²) in [5.41, 5.74) is 2.46. The molecule has 0 spiro atoms. The second-order valence-corrected chi connectivity index (χ2v) is 3.16. The van der Waals surface area contributed by atoms with E-state index in [0.29, 0.717) is 0 Å². The molecule has 1 heteroatoms. The molecule has 0 saturated heterocycles. The standard InChI is InChI=1S/C12H12N/c1-2-3-7-11-9-10-6-4-5-8-12(10)13-11/h1-2,4-6,8-9,13H,3,7H2. The Morgan fingerprint density at radius 1 is 1.31 bits per heavy atom. The maximum atomic E-state index is 5.33. The van der Waals surface area contributed by atoms with Gasteiger partial charge in [-0.3, -0.25) is 0 Å². The van der Waals surface area contributed by atoms with Gasteiger partial charge in [0.15, 0.2) is 0 Å². The van der Waals surface area contributed by atoms with Gasteiger partial charge in [0, 0.05) is 11.2 Å². The van der Waals surface area contributed by atoms with Crippen LogP contribution in [0, 0.1) is 6.58 Å². The molecule has 1 nitrogen and oxygen atoms in total. The number of H-pyrrole nitrogens is 1. The lowest BCUT2D eigenvalue weighted by Gasteiger charge is -1.90. The maximum Gasteiger partial charge on any atom is 0.0456 e. The summed E-state index contributed by atoms with van der Waals surface area (Å²) in [4.78, 5) is 3.35. The molecule has 0 atom stereocenters. The summed E-state index contributed by atoms with van der Waals surface area (Å²) in [5.74, 6) is 0. The van der Waals surface area contributed by atoms with Crippen LogP contribution in [0.5, 0.6) is 0 Å². The highest BCUT2D eigenvalue weighted by Gasteiger charge is 1.97. The van der Waals surface area contributed by atoms with Gasteiger partial charge in [-0.05, 0) is 30.4 Å². The number of hydrogen-bond donors (Lipinski definition) is 1. The molecule has 0 amide bonds. The normalized spacial score (nSPS) is 10.5. The number of para-hydroxylation sites is 1. The molecule has 1 aromatic carbocycles. The van der Waals surface area contributed by atoms with Gasteiger partial charge >= 0.3 is 0 Å². The molecule has 0 saturated carbocycles. The summed E-state index contributed by atoms with van der Waals surface area (Å²) in [6.07, 6.45) is 3.61. The second kappa shape index (κ2) is 3.48. The van der Waals surface area contributed by atoms with E-state index < -0.39 is 0 Å². The van der Waals surface area contributed by atoms with Crippen LogP contribution >= 0.6 is 0 Å². The molecule has 13 heavy (non-hydrogen) atoms. The molecule has 65 valence electrons. The SMILES string of the molecule is [CH]=CCCc1cc2ccccc2[nH]1. The number of aryl methyl sites for hydroxylation is 1. The van der Waals surface area contributed by atoms with Crippen LogP contribution in [0.3, 0.4) is 0 Å². The van der Waals surface area contributed by atoms with Crippen LogP contribution in [-0.4, -0.2) is 4.98 Å². The van der Waals surface area contributed by atoms with E-state index in [4.69, 9.17) is 6.58 Å². The van der Waals surface area contributed by atoms with Gasteiger partial charge in [-0.1, -0.05) is 30.9 Å². The molecular formula is C12H12N. The Kier molecular flexibility index (Phi) is 2.17. The van der Waals surface area contributed by atoms with E-state index in [1.54, 1.807) is 6.08 Å². The van der Waals surface area contributed by atoms with Crippen molar-refractivity contribution in [1.29, 1.82) is 0 Å². The highest BCUT2D eigenvalue weighted by Crippen LogP contribution is 2.15.